The predicted octanol–water partition coefficient (Wildman–Crippen LogP) is 3.11. The van der Waals surface area contributed by atoms with E-state index in [4.69, 9.17) is 5.32 Å². The van der Waals surface area contributed by atoms with Crippen molar-refractivity contribution in [2.75, 3.05) is 0 Å². The monoisotopic (exact) mass is 192 g/mol. The quantitative estimate of drug-likeness (QED) is 0.560. The molecule has 14 heavy (non-hydrogen) atoms. The number of nitrogens with zero attached hydrogens (tertiary/aromatic N) is 1. The molecule has 6 aliphatic rings. The average Bonchev–Trinajstić information content (AvgIpc) is 2.27. The normalized spacial score (nSPS) is 48.0. The summed E-state index contributed by atoms with van der Waals surface area (Å²) in [4.78, 5) is 0. The zero-order valence-electron chi connectivity index (χ0n) is 9.12. The minimum absolute atomic E-state index is 0.755. The van der Waals surface area contributed by atoms with Crippen molar-refractivity contribution in [3.8, 4) is 0 Å². The highest BCUT2D eigenvalue weighted by molar-refractivity contribution is 4.87. The summed E-state index contributed by atoms with van der Waals surface area (Å²) in [6.45, 7) is 0. The SMILES string of the molecule is C1CC2CCC1CC1CCC(CC1)[N]2. The highest BCUT2D eigenvalue weighted by atomic mass is 15.0. The van der Waals surface area contributed by atoms with Gasteiger partial charge in [0.05, 0.1) is 0 Å². The van der Waals surface area contributed by atoms with E-state index in [1.54, 1.807) is 6.42 Å². The molecule has 4 aliphatic heterocycles. The fourth-order valence-corrected chi connectivity index (χ4v) is 3.83. The van der Waals surface area contributed by atoms with Gasteiger partial charge >= 0.3 is 0 Å². The standard InChI is InChI=1S/C13H22N/c1-5-12-6-2-10(1)9-11-3-7-13(14-12)8-4-11/h10-13H,1-9H2. The zero-order chi connectivity index (χ0) is 9.38. The van der Waals surface area contributed by atoms with Crippen molar-refractivity contribution in [3.63, 3.8) is 0 Å². The predicted molar refractivity (Wildman–Crippen MR) is 58.2 cm³/mol. The Bertz CT molecular complexity index is 143. The van der Waals surface area contributed by atoms with Crippen molar-refractivity contribution >= 4 is 0 Å². The molecule has 0 aromatic rings. The van der Waals surface area contributed by atoms with Gasteiger partial charge in [0.25, 0.3) is 0 Å². The molecule has 0 aromatic carbocycles. The lowest BCUT2D eigenvalue weighted by molar-refractivity contribution is 0.159. The maximum absolute atomic E-state index is 5.05. The fourth-order valence-electron chi connectivity index (χ4n) is 3.83. The zero-order valence-corrected chi connectivity index (χ0v) is 9.12. The van der Waals surface area contributed by atoms with E-state index < -0.39 is 0 Å². The van der Waals surface area contributed by atoms with Crippen LogP contribution in [0.1, 0.15) is 57.8 Å². The lowest BCUT2D eigenvalue weighted by Gasteiger charge is -2.39. The van der Waals surface area contributed by atoms with E-state index in [2.05, 4.69) is 0 Å². The third-order valence-electron chi connectivity index (χ3n) is 4.72. The summed E-state index contributed by atoms with van der Waals surface area (Å²) >= 11 is 0. The van der Waals surface area contributed by atoms with Gasteiger partial charge in [-0.3, -0.25) is 0 Å². The maximum atomic E-state index is 5.05. The van der Waals surface area contributed by atoms with Gasteiger partial charge in [0, 0.05) is 12.1 Å². The van der Waals surface area contributed by atoms with Crippen LogP contribution in [0.2, 0.25) is 0 Å². The van der Waals surface area contributed by atoms with Gasteiger partial charge in [-0.15, -0.1) is 0 Å². The molecule has 0 unspecified atom stereocenters. The third kappa shape index (κ3) is 1.84. The molecule has 6 rings (SSSR count). The van der Waals surface area contributed by atoms with E-state index >= 15 is 0 Å². The molecule has 0 aromatic heterocycles. The smallest absolute Gasteiger partial charge is 0.0249 e. The van der Waals surface area contributed by atoms with Crippen molar-refractivity contribution in [1.29, 1.82) is 0 Å². The van der Waals surface area contributed by atoms with E-state index in [-0.39, 0.29) is 0 Å². The third-order valence-corrected chi connectivity index (χ3v) is 4.72. The topological polar surface area (TPSA) is 14.1 Å². The summed E-state index contributed by atoms with van der Waals surface area (Å²) < 4.78 is 0. The number of hydrogen-bond donors (Lipinski definition) is 0. The Morgan fingerprint density at radius 1 is 0.571 bits per heavy atom. The number of rotatable bonds is 0. The first-order valence-corrected chi connectivity index (χ1v) is 6.60. The summed E-state index contributed by atoms with van der Waals surface area (Å²) in [7, 11) is 0. The molecule has 1 nitrogen and oxygen atoms in total. The second-order valence-electron chi connectivity index (χ2n) is 5.73. The van der Waals surface area contributed by atoms with Crippen molar-refractivity contribution in [1.82, 2.24) is 5.32 Å². The molecule has 6 fully saturated rings. The van der Waals surface area contributed by atoms with Gasteiger partial charge in [0.2, 0.25) is 0 Å². The molecule has 4 saturated heterocycles. The van der Waals surface area contributed by atoms with Gasteiger partial charge in [-0.2, -0.15) is 0 Å². The summed E-state index contributed by atoms with van der Waals surface area (Å²) in [5.41, 5.74) is 0. The van der Waals surface area contributed by atoms with E-state index in [1.165, 1.54) is 51.4 Å². The van der Waals surface area contributed by atoms with E-state index in [0.717, 1.165) is 23.9 Å². The Hall–Kier alpha value is -0.0400. The molecule has 2 aliphatic carbocycles. The molecular formula is C13H22N. The number of hydrogen-bond acceptors (Lipinski definition) is 0. The van der Waals surface area contributed by atoms with Crippen LogP contribution in [0.4, 0.5) is 0 Å². The first-order chi connectivity index (χ1) is 6.90. The Labute approximate surface area is 87.7 Å². The molecule has 4 bridgehead atoms. The molecule has 1 radical (unpaired) electrons. The Morgan fingerprint density at radius 3 is 1.43 bits per heavy atom. The summed E-state index contributed by atoms with van der Waals surface area (Å²) in [6.07, 6.45) is 13.1. The lowest BCUT2D eigenvalue weighted by atomic mass is 9.73. The summed E-state index contributed by atoms with van der Waals surface area (Å²) in [6, 6.07) is 1.51. The average molecular weight is 192 g/mol. The molecule has 0 N–H and O–H groups in total. The second kappa shape index (κ2) is 3.84. The minimum Gasteiger partial charge on any atom is -0.235 e. The van der Waals surface area contributed by atoms with Gasteiger partial charge < -0.3 is 0 Å². The van der Waals surface area contributed by atoms with Crippen LogP contribution >= 0.6 is 0 Å². The highest BCUT2D eigenvalue weighted by Gasteiger charge is 2.31. The van der Waals surface area contributed by atoms with Crippen LogP contribution in [-0.4, -0.2) is 12.1 Å². The molecule has 0 amide bonds. The first kappa shape index (κ1) is 9.21. The molecule has 0 spiro atoms. The van der Waals surface area contributed by atoms with Gasteiger partial charge in [0.15, 0.2) is 0 Å². The van der Waals surface area contributed by atoms with Crippen LogP contribution in [0.3, 0.4) is 0 Å². The lowest BCUT2D eigenvalue weighted by Crippen LogP contribution is -2.39. The van der Waals surface area contributed by atoms with Crippen molar-refractivity contribution in [2.45, 2.75) is 69.9 Å². The molecule has 0 atom stereocenters. The first-order valence-electron chi connectivity index (χ1n) is 6.60. The highest BCUT2D eigenvalue weighted by Crippen LogP contribution is 2.38. The Balaban J connectivity index is 1.73. The van der Waals surface area contributed by atoms with Crippen LogP contribution in [0.5, 0.6) is 0 Å². The van der Waals surface area contributed by atoms with Crippen molar-refractivity contribution in [2.24, 2.45) is 11.8 Å². The van der Waals surface area contributed by atoms with Gasteiger partial charge in [-0.05, 0) is 69.6 Å². The molecular weight excluding hydrogens is 170 g/mol. The van der Waals surface area contributed by atoms with Crippen LogP contribution in [0.15, 0.2) is 0 Å². The van der Waals surface area contributed by atoms with Gasteiger partial charge in [0.1, 0.15) is 0 Å². The second-order valence-corrected chi connectivity index (χ2v) is 5.73. The van der Waals surface area contributed by atoms with E-state index in [1.807, 2.05) is 0 Å². The van der Waals surface area contributed by atoms with Crippen molar-refractivity contribution < 1.29 is 0 Å². The molecule has 2 saturated carbocycles. The fraction of sp³-hybridized carbons (Fsp3) is 1.00. The van der Waals surface area contributed by atoms with E-state index in [0.29, 0.717) is 0 Å². The molecule has 1 heteroatoms. The Kier molecular flexibility index (Phi) is 2.53. The van der Waals surface area contributed by atoms with Crippen molar-refractivity contribution in [3.05, 3.63) is 0 Å². The largest absolute Gasteiger partial charge is 0.235 e. The van der Waals surface area contributed by atoms with Crippen LogP contribution in [0.25, 0.3) is 0 Å². The van der Waals surface area contributed by atoms with Crippen LogP contribution in [0, 0.1) is 11.8 Å². The van der Waals surface area contributed by atoms with Gasteiger partial charge in [-0.1, -0.05) is 0 Å². The summed E-state index contributed by atoms with van der Waals surface area (Å²) in [5, 5.41) is 5.05. The minimum atomic E-state index is 0.755. The van der Waals surface area contributed by atoms with E-state index in [9.17, 15) is 0 Å². The summed E-state index contributed by atoms with van der Waals surface area (Å²) in [5.74, 6) is 2.14. The maximum Gasteiger partial charge on any atom is 0.0249 e. The van der Waals surface area contributed by atoms with Gasteiger partial charge in [-0.25, -0.2) is 5.32 Å². The molecule has 79 valence electrons. The molecule has 4 heterocycles. The van der Waals surface area contributed by atoms with Crippen LogP contribution in [-0.2, 0) is 0 Å². The van der Waals surface area contributed by atoms with Crippen LogP contribution < -0.4 is 5.32 Å². The Morgan fingerprint density at radius 2 is 1.00 bits per heavy atom.